The summed E-state index contributed by atoms with van der Waals surface area (Å²) in [6.45, 7) is 3.83. The van der Waals surface area contributed by atoms with Crippen molar-refractivity contribution in [1.29, 1.82) is 0 Å². The molecule has 1 aliphatic rings. The minimum absolute atomic E-state index is 0.0685. The Balaban J connectivity index is 1.76. The Kier molecular flexibility index (Phi) is 5.41. The largest absolute Gasteiger partial charge is 0.491 e. The zero-order valence-corrected chi connectivity index (χ0v) is 17.1. The lowest BCUT2D eigenvalue weighted by Crippen LogP contribution is -2.50. The highest BCUT2D eigenvalue weighted by atomic mass is 19.1. The van der Waals surface area contributed by atoms with Gasteiger partial charge in [-0.3, -0.25) is 9.78 Å². The van der Waals surface area contributed by atoms with Gasteiger partial charge < -0.3 is 19.8 Å². The van der Waals surface area contributed by atoms with Crippen molar-refractivity contribution in [1.82, 2.24) is 20.3 Å². The number of amides is 1. The average molecular weight is 424 g/mol. The first-order valence-electron chi connectivity index (χ1n) is 9.84. The standard InChI is InChI=1S/C22H21FN4O4/c1-3-30-21(29)19-25-12-16(26-19)20(28)27-22(14-7-6-13(2)15(23)11-14)8-10-31-17-5-4-9-24-18(17)22/h4-7,9,11-12H,3,8,10H2,1-2H3,(H,25,26)(H,27,28)/t22-/m0/s1. The van der Waals surface area contributed by atoms with Gasteiger partial charge in [0.1, 0.15) is 28.5 Å². The van der Waals surface area contributed by atoms with Crippen molar-refractivity contribution in [2.75, 3.05) is 13.2 Å². The highest BCUT2D eigenvalue weighted by molar-refractivity contribution is 5.95. The molecule has 2 aromatic heterocycles. The van der Waals surface area contributed by atoms with Crippen LogP contribution in [0.1, 0.15) is 51.3 Å². The lowest BCUT2D eigenvalue weighted by Gasteiger charge is -2.38. The summed E-state index contributed by atoms with van der Waals surface area (Å²) in [7, 11) is 0. The van der Waals surface area contributed by atoms with Crippen LogP contribution in [0.2, 0.25) is 0 Å². The van der Waals surface area contributed by atoms with Crippen molar-refractivity contribution in [3.05, 3.63) is 76.9 Å². The van der Waals surface area contributed by atoms with Gasteiger partial charge in [-0.15, -0.1) is 0 Å². The Morgan fingerprint density at radius 2 is 2.16 bits per heavy atom. The number of aromatic nitrogens is 3. The number of aryl methyl sites for hydroxylation is 1. The summed E-state index contributed by atoms with van der Waals surface area (Å²) in [5.41, 5.74) is 0.445. The van der Waals surface area contributed by atoms with Gasteiger partial charge in [0.25, 0.3) is 5.91 Å². The fraction of sp³-hybridized carbons (Fsp3) is 0.273. The number of pyridine rings is 1. The molecule has 0 spiro atoms. The molecule has 31 heavy (non-hydrogen) atoms. The number of halogens is 1. The number of aromatic amines is 1. The maximum Gasteiger partial charge on any atom is 0.374 e. The van der Waals surface area contributed by atoms with E-state index in [2.05, 4.69) is 20.3 Å². The maximum atomic E-state index is 14.5. The van der Waals surface area contributed by atoms with Gasteiger partial charge in [-0.2, -0.15) is 0 Å². The van der Waals surface area contributed by atoms with Gasteiger partial charge in [0.15, 0.2) is 0 Å². The fourth-order valence-electron chi connectivity index (χ4n) is 3.59. The van der Waals surface area contributed by atoms with Gasteiger partial charge >= 0.3 is 5.97 Å². The summed E-state index contributed by atoms with van der Waals surface area (Å²) in [4.78, 5) is 36.1. The molecule has 0 fully saturated rings. The SMILES string of the molecule is CCOC(=O)c1ncc(C(=O)N[C@]2(c3ccc(C)c(F)c3)CCOc3cccnc32)[nH]1. The molecule has 2 N–H and O–H groups in total. The van der Waals surface area contributed by atoms with E-state index in [4.69, 9.17) is 9.47 Å². The summed E-state index contributed by atoms with van der Waals surface area (Å²) in [6.07, 6.45) is 3.18. The molecule has 4 rings (SSSR count). The lowest BCUT2D eigenvalue weighted by molar-refractivity contribution is 0.0513. The summed E-state index contributed by atoms with van der Waals surface area (Å²) in [5.74, 6) is -1.14. The smallest absolute Gasteiger partial charge is 0.374 e. The topological polar surface area (TPSA) is 106 Å². The van der Waals surface area contributed by atoms with E-state index in [1.54, 1.807) is 44.3 Å². The van der Waals surface area contributed by atoms with E-state index in [9.17, 15) is 14.0 Å². The third-order valence-corrected chi connectivity index (χ3v) is 5.19. The van der Waals surface area contributed by atoms with Gasteiger partial charge in [0.2, 0.25) is 5.82 Å². The summed E-state index contributed by atoms with van der Waals surface area (Å²) in [5, 5.41) is 2.98. The number of rotatable bonds is 5. The molecular formula is C22H21FN4O4. The Bertz CT molecular complexity index is 1150. The lowest BCUT2D eigenvalue weighted by atomic mass is 9.81. The molecular weight excluding hydrogens is 403 g/mol. The minimum atomic E-state index is -1.13. The van der Waals surface area contributed by atoms with Crippen LogP contribution < -0.4 is 10.1 Å². The number of ether oxygens (including phenoxy) is 2. The van der Waals surface area contributed by atoms with Gasteiger partial charge in [0, 0.05) is 12.6 Å². The van der Waals surface area contributed by atoms with Gasteiger partial charge in [-0.1, -0.05) is 12.1 Å². The van der Waals surface area contributed by atoms with E-state index >= 15 is 0 Å². The predicted octanol–water partition coefficient (Wildman–Crippen LogP) is 2.89. The fourth-order valence-corrected chi connectivity index (χ4v) is 3.59. The molecule has 1 amide bonds. The van der Waals surface area contributed by atoms with Crippen LogP contribution >= 0.6 is 0 Å². The van der Waals surface area contributed by atoms with Gasteiger partial charge in [-0.05, 0) is 43.2 Å². The quantitative estimate of drug-likeness (QED) is 0.610. The van der Waals surface area contributed by atoms with E-state index in [-0.39, 0.29) is 23.9 Å². The van der Waals surface area contributed by atoms with Crippen LogP contribution in [0, 0.1) is 12.7 Å². The number of nitrogens with one attached hydrogen (secondary N) is 2. The van der Waals surface area contributed by atoms with Crippen molar-refractivity contribution in [2.24, 2.45) is 0 Å². The number of fused-ring (bicyclic) bond motifs is 1. The second-order valence-electron chi connectivity index (χ2n) is 7.14. The Morgan fingerprint density at radius 1 is 1.32 bits per heavy atom. The summed E-state index contributed by atoms with van der Waals surface area (Å²) in [6, 6.07) is 8.30. The molecule has 9 heteroatoms. The van der Waals surface area contributed by atoms with E-state index in [0.717, 1.165) is 0 Å². The number of carbonyl (C=O) groups excluding carboxylic acids is 2. The Morgan fingerprint density at radius 3 is 2.94 bits per heavy atom. The van der Waals surface area contributed by atoms with Crippen molar-refractivity contribution in [3.8, 4) is 5.75 Å². The van der Waals surface area contributed by atoms with Gasteiger partial charge in [0.05, 0.1) is 19.4 Å². The van der Waals surface area contributed by atoms with Crippen LogP contribution in [0.25, 0.3) is 0 Å². The van der Waals surface area contributed by atoms with Crippen LogP contribution in [-0.4, -0.2) is 40.0 Å². The first-order chi connectivity index (χ1) is 14.9. The van der Waals surface area contributed by atoms with Crippen molar-refractivity contribution in [3.63, 3.8) is 0 Å². The molecule has 3 heterocycles. The third-order valence-electron chi connectivity index (χ3n) is 5.19. The number of nitrogens with zero attached hydrogens (tertiary/aromatic N) is 2. The molecule has 1 aliphatic heterocycles. The highest BCUT2D eigenvalue weighted by Crippen LogP contribution is 2.41. The highest BCUT2D eigenvalue weighted by Gasteiger charge is 2.43. The first kappa shape index (κ1) is 20.5. The molecule has 3 aromatic rings. The second kappa shape index (κ2) is 8.17. The van der Waals surface area contributed by atoms with E-state index in [1.807, 2.05) is 0 Å². The van der Waals surface area contributed by atoms with Crippen molar-refractivity contribution < 1.29 is 23.5 Å². The first-order valence-corrected chi connectivity index (χ1v) is 9.84. The molecule has 8 nitrogen and oxygen atoms in total. The maximum absolute atomic E-state index is 14.5. The van der Waals surface area contributed by atoms with Gasteiger partial charge in [-0.25, -0.2) is 14.2 Å². The van der Waals surface area contributed by atoms with Crippen LogP contribution in [0.15, 0.2) is 42.7 Å². The molecule has 0 unspecified atom stereocenters. The molecule has 1 aromatic carbocycles. The Hall–Kier alpha value is -3.75. The summed E-state index contributed by atoms with van der Waals surface area (Å²) < 4.78 is 25.1. The van der Waals surface area contributed by atoms with Crippen LogP contribution in [0.3, 0.4) is 0 Å². The number of hydrogen-bond donors (Lipinski definition) is 2. The van der Waals surface area contributed by atoms with Crippen molar-refractivity contribution in [2.45, 2.75) is 25.8 Å². The molecule has 0 saturated carbocycles. The Labute approximate surface area is 177 Å². The molecule has 0 saturated heterocycles. The number of benzene rings is 1. The summed E-state index contributed by atoms with van der Waals surface area (Å²) >= 11 is 0. The third kappa shape index (κ3) is 3.74. The van der Waals surface area contributed by atoms with E-state index in [1.165, 1.54) is 12.3 Å². The molecule has 0 aliphatic carbocycles. The minimum Gasteiger partial charge on any atom is -0.491 e. The number of carbonyl (C=O) groups is 2. The normalized spacial score (nSPS) is 17.4. The number of esters is 1. The predicted molar refractivity (Wildman–Crippen MR) is 108 cm³/mol. The average Bonchev–Trinajstić information content (AvgIpc) is 3.27. The van der Waals surface area contributed by atoms with Crippen LogP contribution in [0.5, 0.6) is 5.75 Å². The molecule has 1 atom stereocenters. The van der Waals surface area contributed by atoms with Crippen molar-refractivity contribution >= 4 is 11.9 Å². The second-order valence-corrected chi connectivity index (χ2v) is 7.14. The number of H-pyrrole nitrogens is 1. The van der Waals surface area contributed by atoms with E-state index in [0.29, 0.717) is 35.6 Å². The number of imidazole rings is 1. The zero-order valence-electron chi connectivity index (χ0n) is 17.1. The zero-order chi connectivity index (χ0) is 22.0. The molecule has 0 radical (unpaired) electrons. The monoisotopic (exact) mass is 424 g/mol. The van der Waals surface area contributed by atoms with Crippen LogP contribution in [-0.2, 0) is 10.3 Å². The number of hydrogen-bond acceptors (Lipinski definition) is 6. The van der Waals surface area contributed by atoms with Crippen LogP contribution in [0.4, 0.5) is 4.39 Å². The molecule has 160 valence electrons. The molecule has 0 bridgehead atoms. The van der Waals surface area contributed by atoms with E-state index < -0.39 is 17.4 Å².